The number of hydrogen-bond donors (Lipinski definition) is 1. The first-order valence-electron chi connectivity index (χ1n) is 12.6. The van der Waals surface area contributed by atoms with Gasteiger partial charge in [-0.1, -0.05) is 24.3 Å². The van der Waals surface area contributed by atoms with Crippen molar-refractivity contribution in [3.8, 4) is 28.3 Å². The molecule has 1 atom stereocenters. The number of nitro benzene ring substituents is 1. The number of likely N-dealkylation sites (tertiary alicyclic amines) is 1. The summed E-state index contributed by atoms with van der Waals surface area (Å²) < 4.78 is 0. The van der Waals surface area contributed by atoms with Crippen molar-refractivity contribution in [3.05, 3.63) is 87.5 Å². The lowest BCUT2D eigenvalue weighted by molar-refractivity contribution is -0.384. The average molecular weight is 527 g/mol. The van der Waals surface area contributed by atoms with Gasteiger partial charge in [0.2, 0.25) is 0 Å². The highest BCUT2D eigenvalue weighted by Crippen LogP contribution is 2.38. The van der Waals surface area contributed by atoms with E-state index in [-0.39, 0.29) is 23.6 Å². The van der Waals surface area contributed by atoms with Crippen molar-refractivity contribution in [3.63, 3.8) is 0 Å². The Balaban J connectivity index is 1.66. The molecule has 1 N–H and O–H groups in total. The van der Waals surface area contributed by atoms with Crippen molar-refractivity contribution in [1.29, 1.82) is 5.26 Å². The molecule has 1 heterocycles. The number of amides is 1. The third-order valence-corrected chi connectivity index (χ3v) is 6.64. The molecule has 3 aromatic rings. The summed E-state index contributed by atoms with van der Waals surface area (Å²) in [4.78, 5) is 43.9. The highest BCUT2D eigenvalue weighted by Gasteiger charge is 2.30. The minimum Gasteiger partial charge on any atom is -0.370 e. The Morgan fingerprint density at radius 3 is 2.38 bits per heavy atom. The highest BCUT2D eigenvalue weighted by molar-refractivity contribution is 5.98. The molecule has 200 valence electrons. The van der Waals surface area contributed by atoms with Gasteiger partial charge in [-0.3, -0.25) is 14.9 Å². The summed E-state index contributed by atoms with van der Waals surface area (Å²) >= 11 is 0. The minimum atomic E-state index is -0.642. The maximum atomic E-state index is 13.5. The Morgan fingerprint density at radius 1 is 1.05 bits per heavy atom. The maximum absolute atomic E-state index is 13.5. The van der Waals surface area contributed by atoms with Crippen LogP contribution < -0.4 is 5.48 Å². The number of carbonyl (C=O) groups excluding carboxylic acids is 2. The van der Waals surface area contributed by atoms with Gasteiger partial charge in [-0.05, 0) is 86.7 Å². The molecular weight excluding hydrogens is 496 g/mol. The topological polar surface area (TPSA) is 126 Å². The van der Waals surface area contributed by atoms with Gasteiger partial charge in [0.1, 0.15) is 0 Å². The molecule has 0 aliphatic carbocycles. The number of nitriles is 1. The van der Waals surface area contributed by atoms with Gasteiger partial charge >= 0.3 is 5.97 Å². The fourth-order valence-corrected chi connectivity index (χ4v) is 4.41. The number of nitro groups is 1. The first kappa shape index (κ1) is 27.5. The Bertz CT molecular complexity index is 1470. The third kappa shape index (κ3) is 6.13. The first-order chi connectivity index (χ1) is 18.5. The molecule has 0 saturated carbocycles. The lowest BCUT2D eigenvalue weighted by Crippen LogP contribution is -2.38. The normalized spacial score (nSPS) is 15.1. The van der Waals surface area contributed by atoms with Gasteiger partial charge in [-0.25, -0.2) is 4.79 Å². The van der Waals surface area contributed by atoms with Crippen LogP contribution in [0.15, 0.2) is 60.7 Å². The Labute approximate surface area is 227 Å². The molecule has 9 heteroatoms. The zero-order chi connectivity index (χ0) is 28.3. The molecule has 0 spiro atoms. The minimum absolute atomic E-state index is 0.0257. The molecule has 1 fully saturated rings. The summed E-state index contributed by atoms with van der Waals surface area (Å²) in [5, 5.41) is 21.1. The molecule has 39 heavy (non-hydrogen) atoms. The van der Waals surface area contributed by atoms with Crippen molar-refractivity contribution in [1.82, 2.24) is 10.4 Å². The van der Waals surface area contributed by atoms with Crippen LogP contribution >= 0.6 is 0 Å². The number of aryl methyl sites for hydroxylation is 1. The van der Waals surface area contributed by atoms with Gasteiger partial charge in [-0.15, -0.1) is 5.48 Å². The van der Waals surface area contributed by atoms with Crippen molar-refractivity contribution in [2.75, 3.05) is 13.1 Å². The van der Waals surface area contributed by atoms with Crippen molar-refractivity contribution < 1.29 is 19.3 Å². The second-order valence-electron chi connectivity index (χ2n) is 10.7. The van der Waals surface area contributed by atoms with Crippen LogP contribution in [0, 0.1) is 33.8 Å². The molecule has 0 radical (unpaired) electrons. The van der Waals surface area contributed by atoms with Gasteiger partial charge in [-0.2, -0.15) is 5.26 Å². The van der Waals surface area contributed by atoms with Gasteiger partial charge < -0.3 is 9.74 Å². The Kier molecular flexibility index (Phi) is 7.79. The fraction of sp³-hybridized carbons (Fsp3) is 0.300. The van der Waals surface area contributed by atoms with E-state index in [1.165, 1.54) is 6.07 Å². The van der Waals surface area contributed by atoms with Crippen molar-refractivity contribution >= 4 is 17.6 Å². The van der Waals surface area contributed by atoms with E-state index in [4.69, 9.17) is 4.84 Å². The van der Waals surface area contributed by atoms with Crippen LogP contribution in [0.1, 0.15) is 48.7 Å². The van der Waals surface area contributed by atoms with Crippen molar-refractivity contribution in [2.45, 2.75) is 40.2 Å². The molecule has 0 aromatic heterocycles. The largest absolute Gasteiger partial charge is 0.370 e. The average Bonchev–Trinajstić information content (AvgIpc) is 3.39. The zero-order valence-corrected chi connectivity index (χ0v) is 22.4. The molecule has 1 aliphatic heterocycles. The summed E-state index contributed by atoms with van der Waals surface area (Å²) in [6, 6.07) is 19.0. The van der Waals surface area contributed by atoms with Gasteiger partial charge in [0, 0.05) is 24.7 Å². The van der Waals surface area contributed by atoms with E-state index in [1.54, 1.807) is 81.1 Å². The molecular formula is C30H30N4O5. The number of nitrogens with zero attached hydrogens (tertiary/aromatic N) is 3. The number of nitrogens with one attached hydrogen (secondary N) is 1. The van der Waals surface area contributed by atoms with E-state index in [1.807, 2.05) is 6.07 Å². The number of hydroxylamine groups is 1. The number of hydrogen-bond acceptors (Lipinski definition) is 7. The van der Waals surface area contributed by atoms with Gasteiger partial charge in [0.25, 0.3) is 11.6 Å². The maximum Gasteiger partial charge on any atom is 0.329 e. The lowest BCUT2D eigenvalue weighted by atomic mass is 9.91. The van der Waals surface area contributed by atoms with E-state index in [0.717, 1.165) is 11.1 Å². The van der Waals surface area contributed by atoms with Crippen LogP contribution in [0.4, 0.5) is 5.69 Å². The molecule has 4 rings (SSSR count). The molecule has 1 amide bonds. The van der Waals surface area contributed by atoms with Crippen LogP contribution in [0.5, 0.6) is 0 Å². The summed E-state index contributed by atoms with van der Waals surface area (Å²) in [5.41, 5.74) is 6.22. The van der Waals surface area contributed by atoms with Gasteiger partial charge in [0.05, 0.1) is 33.6 Å². The van der Waals surface area contributed by atoms with Crippen molar-refractivity contribution in [2.24, 2.45) is 5.41 Å². The third-order valence-electron chi connectivity index (χ3n) is 6.64. The Hall–Kier alpha value is -4.55. The molecule has 3 aromatic carbocycles. The van der Waals surface area contributed by atoms with Crippen LogP contribution in [-0.4, -0.2) is 40.8 Å². The van der Waals surface area contributed by atoms with E-state index in [0.29, 0.717) is 47.3 Å². The van der Waals surface area contributed by atoms with E-state index >= 15 is 0 Å². The lowest BCUT2D eigenvalue weighted by Gasteiger charge is -2.20. The van der Waals surface area contributed by atoms with Crippen LogP contribution in [-0.2, 0) is 9.63 Å². The smallest absolute Gasteiger partial charge is 0.329 e. The molecule has 1 aliphatic rings. The van der Waals surface area contributed by atoms with Crippen LogP contribution in [0.25, 0.3) is 22.3 Å². The standard InChI is InChI=1S/C30H30N4O5/c1-19-5-11-25(27(15-19)34(37)38)24-12-10-22(16-26(24)21-8-6-20(17-31)7-9-21)28(35)33-14-13-23(18-33)32-39-29(36)30(2,3)4/h5-12,15-16,23,32H,13-14,18H2,1-4H3/t23-/m0/s1. The summed E-state index contributed by atoms with van der Waals surface area (Å²) in [7, 11) is 0. The number of carbonyl (C=O) groups is 2. The van der Waals surface area contributed by atoms with Crippen LogP contribution in [0.3, 0.4) is 0 Å². The SMILES string of the molecule is Cc1ccc(-c2ccc(C(=O)N3CC[C@H](NOC(=O)C(C)(C)C)C3)cc2-c2ccc(C#N)cc2)c([N+](=O)[O-])c1. The second-order valence-corrected chi connectivity index (χ2v) is 10.7. The molecule has 9 nitrogen and oxygen atoms in total. The summed E-state index contributed by atoms with van der Waals surface area (Å²) in [5.74, 6) is -0.568. The molecule has 1 saturated heterocycles. The van der Waals surface area contributed by atoms with E-state index < -0.39 is 10.3 Å². The molecule has 0 unspecified atom stereocenters. The number of rotatable bonds is 6. The van der Waals surface area contributed by atoms with E-state index in [2.05, 4.69) is 11.5 Å². The quantitative estimate of drug-likeness (QED) is 0.336. The highest BCUT2D eigenvalue weighted by atomic mass is 16.7. The van der Waals surface area contributed by atoms with Gasteiger partial charge in [0.15, 0.2) is 0 Å². The fourth-order valence-electron chi connectivity index (χ4n) is 4.41. The monoisotopic (exact) mass is 526 g/mol. The number of benzene rings is 3. The predicted molar refractivity (Wildman–Crippen MR) is 146 cm³/mol. The predicted octanol–water partition coefficient (Wildman–Crippen LogP) is 5.42. The zero-order valence-electron chi connectivity index (χ0n) is 22.4. The summed E-state index contributed by atoms with van der Waals surface area (Å²) in [6.07, 6.45) is 0.624. The Morgan fingerprint density at radius 2 is 1.74 bits per heavy atom. The second kappa shape index (κ2) is 11.1. The summed E-state index contributed by atoms with van der Waals surface area (Å²) in [6.45, 7) is 7.95. The van der Waals surface area contributed by atoms with E-state index in [9.17, 15) is 25.0 Å². The van der Waals surface area contributed by atoms with Crippen LogP contribution in [0.2, 0.25) is 0 Å². The molecule has 0 bridgehead atoms. The first-order valence-corrected chi connectivity index (χ1v) is 12.6.